The molecule has 1 unspecified atom stereocenters. The van der Waals surface area contributed by atoms with Gasteiger partial charge < -0.3 is 14.4 Å². The van der Waals surface area contributed by atoms with Crippen LogP contribution in [0.15, 0.2) is 48.5 Å². The van der Waals surface area contributed by atoms with Crippen LogP contribution in [0, 0.1) is 5.92 Å². The van der Waals surface area contributed by atoms with Crippen LogP contribution in [0.25, 0.3) is 0 Å². The van der Waals surface area contributed by atoms with Gasteiger partial charge in [0.25, 0.3) is 5.91 Å². The number of rotatable bonds is 6. The molecule has 0 bridgehead atoms. The molecule has 25 heavy (non-hydrogen) atoms. The van der Waals surface area contributed by atoms with E-state index in [0.29, 0.717) is 35.4 Å². The van der Waals surface area contributed by atoms with Crippen molar-refractivity contribution in [3.63, 3.8) is 0 Å². The van der Waals surface area contributed by atoms with Crippen molar-refractivity contribution in [2.24, 2.45) is 5.92 Å². The molecule has 1 aliphatic rings. The van der Waals surface area contributed by atoms with Gasteiger partial charge in [0.15, 0.2) is 0 Å². The van der Waals surface area contributed by atoms with Gasteiger partial charge in [-0.1, -0.05) is 29.8 Å². The van der Waals surface area contributed by atoms with E-state index in [4.69, 9.17) is 21.1 Å². The number of hydrogen-bond donors (Lipinski definition) is 0. The van der Waals surface area contributed by atoms with Crippen LogP contribution >= 0.6 is 11.6 Å². The molecule has 0 saturated carbocycles. The lowest BCUT2D eigenvalue weighted by Crippen LogP contribution is -2.32. The normalized spacial score (nSPS) is 16.6. The molecule has 1 atom stereocenters. The number of benzene rings is 2. The first-order valence-corrected chi connectivity index (χ1v) is 8.80. The summed E-state index contributed by atoms with van der Waals surface area (Å²) in [6.45, 7) is 2.65. The fourth-order valence-corrected chi connectivity index (χ4v) is 3.14. The van der Waals surface area contributed by atoms with E-state index in [9.17, 15) is 4.79 Å². The molecule has 1 heterocycles. The van der Waals surface area contributed by atoms with Gasteiger partial charge in [-0.15, -0.1) is 0 Å². The minimum atomic E-state index is 0.0000977. The van der Waals surface area contributed by atoms with Crippen LogP contribution in [0.3, 0.4) is 0 Å². The highest BCUT2D eigenvalue weighted by molar-refractivity contribution is 6.30. The highest BCUT2D eigenvalue weighted by Gasteiger charge is 2.21. The first-order chi connectivity index (χ1) is 12.1. The third kappa shape index (κ3) is 4.97. The summed E-state index contributed by atoms with van der Waals surface area (Å²) in [5.74, 6) is 1.10. The summed E-state index contributed by atoms with van der Waals surface area (Å²) in [6.07, 6.45) is 1.01. The Morgan fingerprint density at radius 3 is 2.88 bits per heavy atom. The van der Waals surface area contributed by atoms with Gasteiger partial charge in [-0.05, 0) is 42.3 Å². The maximum atomic E-state index is 12.6. The predicted octanol–water partition coefficient (Wildman–Crippen LogP) is 4.03. The average Bonchev–Trinajstić information content (AvgIpc) is 3.12. The van der Waals surface area contributed by atoms with E-state index in [2.05, 4.69) is 0 Å². The minimum Gasteiger partial charge on any atom is -0.489 e. The van der Waals surface area contributed by atoms with Crippen molar-refractivity contribution in [3.8, 4) is 5.75 Å². The summed E-state index contributed by atoms with van der Waals surface area (Å²) in [4.78, 5) is 14.4. The van der Waals surface area contributed by atoms with Gasteiger partial charge in [0, 0.05) is 36.7 Å². The molecule has 2 aromatic rings. The molecular formula is C20H22ClNO3. The van der Waals surface area contributed by atoms with Crippen LogP contribution in [-0.4, -0.2) is 37.6 Å². The summed E-state index contributed by atoms with van der Waals surface area (Å²) < 4.78 is 11.2. The van der Waals surface area contributed by atoms with Crippen molar-refractivity contribution < 1.29 is 14.3 Å². The molecule has 1 amide bonds. The molecule has 0 aliphatic carbocycles. The van der Waals surface area contributed by atoms with Gasteiger partial charge in [0.2, 0.25) is 0 Å². The molecule has 0 radical (unpaired) electrons. The fourth-order valence-electron chi connectivity index (χ4n) is 2.93. The highest BCUT2D eigenvalue weighted by atomic mass is 35.5. The Balaban J connectivity index is 1.61. The molecule has 1 saturated heterocycles. The Bertz CT molecular complexity index is 728. The van der Waals surface area contributed by atoms with E-state index in [0.717, 1.165) is 25.2 Å². The Kier molecular flexibility index (Phi) is 5.95. The Morgan fingerprint density at radius 1 is 1.28 bits per heavy atom. The molecule has 1 fully saturated rings. The second-order valence-corrected chi connectivity index (χ2v) is 6.80. The molecule has 0 aromatic heterocycles. The summed E-state index contributed by atoms with van der Waals surface area (Å²) in [6, 6.07) is 14.8. The van der Waals surface area contributed by atoms with E-state index in [-0.39, 0.29) is 5.91 Å². The summed E-state index contributed by atoms with van der Waals surface area (Å²) in [5, 5.41) is 0.683. The molecule has 132 valence electrons. The van der Waals surface area contributed by atoms with E-state index in [1.807, 2.05) is 49.5 Å². The van der Waals surface area contributed by atoms with Crippen molar-refractivity contribution in [3.05, 3.63) is 64.7 Å². The largest absolute Gasteiger partial charge is 0.489 e. The monoisotopic (exact) mass is 359 g/mol. The third-order valence-electron chi connectivity index (χ3n) is 4.28. The first-order valence-electron chi connectivity index (χ1n) is 8.42. The molecular weight excluding hydrogens is 338 g/mol. The Morgan fingerprint density at radius 2 is 2.12 bits per heavy atom. The van der Waals surface area contributed by atoms with Crippen molar-refractivity contribution in [1.82, 2.24) is 4.90 Å². The maximum absolute atomic E-state index is 12.6. The van der Waals surface area contributed by atoms with Gasteiger partial charge in [0.1, 0.15) is 12.4 Å². The molecule has 3 rings (SSSR count). The van der Waals surface area contributed by atoms with Crippen molar-refractivity contribution >= 4 is 17.5 Å². The fraction of sp³-hybridized carbons (Fsp3) is 0.350. The van der Waals surface area contributed by atoms with Crippen LogP contribution in [0.5, 0.6) is 5.75 Å². The number of amides is 1. The van der Waals surface area contributed by atoms with Gasteiger partial charge >= 0.3 is 0 Å². The molecule has 0 spiro atoms. The molecule has 2 aromatic carbocycles. The van der Waals surface area contributed by atoms with E-state index >= 15 is 0 Å². The van der Waals surface area contributed by atoms with Crippen LogP contribution < -0.4 is 4.74 Å². The van der Waals surface area contributed by atoms with Gasteiger partial charge in [-0.2, -0.15) is 0 Å². The number of ether oxygens (including phenoxy) is 2. The number of nitrogens with zero attached hydrogens (tertiary/aromatic N) is 1. The number of carbonyl (C=O) groups is 1. The van der Waals surface area contributed by atoms with Gasteiger partial charge in [0.05, 0.1) is 6.61 Å². The number of carbonyl (C=O) groups excluding carboxylic acids is 1. The second kappa shape index (κ2) is 8.37. The van der Waals surface area contributed by atoms with Gasteiger partial charge in [-0.25, -0.2) is 0 Å². The van der Waals surface area contributed by atoms with E-state index < -0.39 is 0 Å². The average molecular weight is 360 g/mol. The number of halogens is 1. The van der Waals surface area contributed by atoms with E-state index in [1.165, 1.54) is 0 Å². The van der Waals surface area contributed by atoms with Crippen LogP contribution in [0.2, 0.25) is 5.02 Å². The quantitative estimate of drug-likeness (QED) is 0.781. The zero-order valence-corrected chi connectivity index (χ0v) is 15.0. The zero-order valence-electron chi connectivity index (χ0n) is 14.3. The van der Waals surface area contributed by atoms with Crippen LogP contribution in [-0.2, 0) is 11.3 Å². The van der Waals surface area contributed by atoms with Crippen molar-refractivity contribution in [1.29, 1.82) is 0 Å². The van der Waals surface area contributed by atoms with Gasteiger partial charge in [-0.3, -0.25) is 4.79 Å². The van der Waals surface area contributed by atoms with E-state index in [1.54, 1.807) is 11.0 Å². The standard InChI is InChI=1S/C20H22ClNO3/c1-22(12-16-8-9-24-13-16)20(23)17-5-3-7-19(11-17)25-14-15-4-2-6-18(21)10-15/h2-7,10-11,16H,8-9,12-14H2,1H3. The SMILES string of the molecule is CN(CC1CCOC1)C(=O)c1cccc(OCc2cccc(Cl)c2)c1. The Hall–Kier alpha value is -2.04. The summed E-state index contributed by atoms with van der Waals surface area (Å²) in [5.41, 5.74) is 1.62. The van der Waals surface area contributed by atoms with Crippen LogP contribution in [0.1, 0.15) is 22.3 Å². The zero-order chi connectivity index (χ0) is 17.6. The summed E-state index contributed by atoms with van der Waals surface area (Å²) in [7, 11) is 1.83. The third-order valence-corrected chi connectivity index (χ3v) is 4.51. The van der Waals surface area contributed by atoms with Crippen molar-refractivity contribution in [2.75, 3.05) is 26.8 Å². The Labute approximate surface area is 153 Å². The first kappa shape index (κ1) is 17.8. The van der Waals surface area contributed by atoms with Crippen LogP contribution in [0.4, 0.5) is 0 Å². The smallest absolute Gasteiger partial charge is 0.253 e. The highest BCUT2D eigenvalue weighted by Crippen LogP contribution is 2.19. The molecule has 0 N–H and O–H groups in total. The lowest BCUT2D eigenvalue weighted by Gasteiger charge is -2.20. The lowest BCUT2D eigenvalue weighted by molar-refractivity contribution is 0.0765. The predicted molar refractivity (Wildman–Crippen MR) is 98.1 cm³/mol. The minimum absolute atomic E-state index is 0.0000977. The maximum Gasteiger partial charge on any atom is 0.253 e. The molecule has 5 heteroatoms. The molecule has 1 aliphatic heterocycles. The molecule has 4 nitrogen and oxygen atoms in total. The van der Waals surface area contributed by atoms with Crippen molar-refractivity contribution in [2.45, 2.75) is 13.0 Å². The summed E-state index contributed by atoms with van der Waals surface area (Å²) >= 11 is 5.98. The topological polar surface area (TPSA) is 38.8 Å². The second-order valence-electron chi connectivity index (χ2n) is 6.36. The lowest BCUT2D eigenvalue weighted by atomic mass is 10.1. The number of hydrogen-bond acceptors (Lipinski definition) is 3.